The van der Waals surface area contributed by atoms with Crippen molar-refractivity contribution in [2.45, 2.75) is 6.92 Å². The van der Waals surface area contributed by atoms with E-state index in [2.05, 4.69) is 18.2 Å². The molecule has 4 heteroatoms. The third-order valence-electron chi connectivity index (χ3n) is 3.39. The molecule has 0 aliphatic carbocycles. The molecule has 0 atom stereocenters. The van der Waals surface area contributed by atoms with Crippen LogP contribution in [0, 0.1) is 11.6 Å². The molecule has 0 aliphatic heterocycles. The highest BCUT2D eigenvalue weighted by Crippen LogP contribution is 2.18. The Hall–Kier alpha value is -2.75. The maximum atomic E-state index is 13.2. The lowest BCUT2D eigenvalue weighted by molar-refractivity contribution is 0.550. The molecule has 0 bridgehead atoms. The Balaban J connectivity index is 2.40. The molecule has 0 amide bonds. The lowest BCUT2D eigenvalue weighted by Gasteiger charge is -2.22. The van der Waals surface area contributed by atoms with Gasteiger partial charge in [-0.25, -0.2) is 13.8 Å². The summed E-state index contributed by atoms with van der Waals surface area (Å²) in [6.07, 6.45) is 0. The second-order valence-electron chi connectivity index (χ2n) is 5.71. The zero-order chi connectivity index (χ0) is 17.7. The Morgan fingerprint density at radius 1 is 0.917 bits per heavy atom. The Bertz CT molecular complexity index is 759. The predicted octanol–water partition coefficient (Wildman–Crippen LogP) is 4.89. The molecule has 2 nitrogen and oxygen atoms in total. The Morgan fingerprint density at radius 3 is 1.83 bits per heavy atom. The fourth-order valence-electron chi connectivity index (χ4n) is 2.28. The van der Waals surface area contributed by atoms with Crippen molar-refractivity contribution in [3.63, 3.8) is 0 Å². The van der Waals surface area contributed by atoms with Crippen molar-refractivity contribution in [3.05, 3.63) is 90.0 Å². The van der Waals surface area contributed by atoms with E-state index in [1.54, 1.807) is 24.3 Å². The smallest absolute Gasteiger partial charge is 0.136 e. The summed E-state index contributed by atoms with van der Waals surface area (Å²) < 4.78 is 26.3. The van der Waals surface area contributed by atoms with Gasteiger partial charge in [0, 0.05) is 19.2 Å². The van der Waals surface area contributed by atoms with Gasteiger partial charge in [0.05, 0.1) is 5.70 Å². The molecule has 0 spiro atoms. The number of hydrogen-bond acceptors (Lipinski definition) is 1. The van der Waals surface area contributed by atoms with Crippen LogP contribution in [0.25, 0.3) is 5.70 Å². The lowest BCUT2D eigenvalue weighted by atomic mass is 10.1. The number of nitrogens with zero attached hydrogens (tertiary/aromatic N) is 2. The van der Waals surface area contributed by atoms with Crippen LogP contribution in [0.5, 0.6) is 0 Å². The van der Waals surface area contributed by atoms with Crippen LogP contribution in [0.2, 0.25) is 0 Å². The van der Waals surface area contributed by atoms with E-state index in [-0.39, 0.29) is 11.6 Å². The molecule has 0 radical (unpaired) electrons. The zero-order valence-corrected chi connectivity index (χ0v) is 13.9. The van der Waals surface area contributed by atoms with Gasteiger partial charge in [0.25, 0.3) is 0 Å². The Morgan fingerprint density at radius 2 is 1.38 bits per heavy atom. The minimum absolute atomic E-state index is 0.307. The molecule has 0 aromatic heterocycles. The van der Waals surface area contributed by atoms with E-state index < -0.39 is 0 Å². The highest BCUT2D eigenvalue weighted by Gasteiger charge is 2.11. The van der Waals surface area contributed by atoms with Crippen LogP contribution in [-0.4, -0.2) is 24.3 Å². The summed E-state index contributed by atoms with van der Waals surface area (Å²) in [6, 6.07) is 12.1. The topological polar surface area (TPSA) is 15.6 Å². The average molecular weight is 326 g/mol. The van der Waals surface area contributed by atoms with Crippen molar-refractivity contribution in [2.24, 2.45) is 4.99 Å². The first kappa shape index (κ1) is 17.6. The molecule has 0 aliphatic rings. The van der Waals surface area contributed by atoms with Gasteiger partial charge in [0.2, 0.25) is 0 Å². The predicted molar refractivity (Wildman–Crippen MR) is 95.8 cm³/mol. The van der Waals surface area contributed by atoms with Gasteiger partial charge in [-0.3, -0.25) is 0 Å². The molecule has 0 saturated heterocycles. The van der Waals surface area contributed by atoms with Gasteiger partial charge in [0.15, 0.2) is 0 Å². The van der Waals surface area contributed by atoms with E-state index in [4.69, 9.17) is 0 Å². The van der Waals surface area contributed by atoms with E-state index in [1.807, 2.05) is 18.9 Å². The first-order chi connectivity index (χ1) is 11.4. The van der Waals surface area contributed by atoms with E-state index in [0.29, 0.717) is 18.1 Å². The Labute approximate surface area is 141 Å². The third kappa shape index (κ3) is 4.62. The summed E-state index contributed by atoms with van der Waals surface area (Å²) in [5.41, 5.74) is 2.96. The number of amidine groups is 1. The molecule has 124 valence electrons. The quantitative estimate of drug-likeness (QED) is 0.434. The van der Waals surface area contributed by atoms with E-state index >= 15 is 0 Å². The molecule has 2 aromatic rings. The maximum absolute atomic E-state index is 13.2. The minimum Gasteiger partial charge on any atom is -0.355 e. The van der Waals surface area contributed by atoms with E-state index in [1.165, 1.54) is 24.3 Å². The molecule has 0 unspecified atom stereocenters. The normalized spacial score (nSPS) is 11.2. The highest BCUT2D eigenvalue weighted by atomic mass is 19.1. The summed E-state index contributed by atoms with van der Waals surface area (Å²) in [5, 5.41) is 0. The summed E-state index contributed by atoms with van der Waals surface area (Å²) >= 11 is 0. The number of aliphatic imine (C=N–C) groups is 1. The number of halogens is 2. The first-order valence-electron chi connectivity index (χ1n) is 7.52. The largest absolute Gasteiger partial charge is 0.355 e. The fourth-order valence-corrected chi connectivity index (χ4v) is 2.28. The van der Waals surface area contributed by atoms with Gasteiger partial charge in [-0.2, -0.15) is 0 Å². The van der Waals surface area contributed by atoms with Crippen molar-refractivity contribution in [1.29, 1.82) is 0 Å². The molecule has 0 fully saturated rings. The number of rotatable bonds is 5. The van der Waals surface area contributed by atoms with Crippen molar-refractivity contribution in [3.8, 4) is 0 Å². The lowest BCUT2D eigenvalue weighted by Crippen LogP contribution is -2.29. The van der Waals surface area contributed by atoms with Crippen molar-refractivity contribution < 1.29 is 8.78 Å². The van der Waals surface area contributed by atoms with Crippen LogP contribution in [-0.2, 0) is 0 Å². The van der Waals surface area contributed by atoms with Crippen molar-refractivity contribution >= 4 is 11.5 Å². The maximum Gasteiger partial charge on any atom is 0.136 e. The standard InChI is InChI=1S/C20H20F2N2/c1-14(2)13-24(4)20(17-7-11-19(22)12-8-17)23-15(3)16-5-9-18(21)10-6-16/h5-12H,1,3,13H2,2,4H3. The fraction of sp³-hybridized carbons (Fsp3) is 0.150. The van der Waals surface area contributed by atoms with E-state index in [9.17, 15) is 8.78 Å². The SMILES string of the molecule is C=C(C)CN(C)C(=NC(=C)c1ccc(F)cc1)c1ccc(F)cc1. The van der Waals surface area contributed by atoms with Gasteiger partial charge in [0.1, 0.15) is 17.5 Å². The second kappa shape index (κ2) is 7.68. The molecule has 24 heavy (non-hydrogen) atoms. The molecular weight excluding hydrogens is 306 g/mol. The summed E-state index contributed by atoms with van der Waals surface area (Å²) in [7, 11) is 1.88. The van der Waals surface area contributed by atoms with Gasteiger partial charge in [-0.15, -0.1) is 0 Å². The number of likely N-dealkylation sites (N-methyl/N-ethyl adjacent to an activating group) is 1. The summed E-state index contributed by atoms with van der Waals surface area (Å²) in [6.45, 7) is 10.4. The van der Waals surface area contributed by atoms with Gasteiger partial charge in [-0.1, -0.05) is 18.7 Å². The molecule has 0 saturated carbocycles. The molecule has 2 rings (SSSR count). The van der Waals surface area contributed by atoms with Crippen LogP contribution in [0.1, 0.15) is 18.1 Å². The van der Waals surface area contributed by atoms with Gasteiger partial charge in [-0.05, 0) is 61.0 Å². The summed E-state index contributed by atoms with van der Waals surface area (Å²) in [4.78, 5) is 6.51. The van der Waals surface area contributed by atoms with Crippen LogP contribution >= 0.6 is 0 Å². The van der Waals surface area contributed by atoms with Crippen LogP contribution in [0.4, 0.5) is 8.78 Å². The zero-order valence-electron chi connectivity index (χ0n) is 13.9. The van der Waals surface area contributed by atoms with Crippen molar-refractivity contribution in [2.75, 3.05) is 13.6 Å². The molecule has 0 heterocycles. The first-order valence-corrected chi connectivity index (χ1v) is 7.52. The number of benzene rings is 2. The molecule has 2 aromatic carbocycles. The van der Waals surface area contributed by atoms with Crippen LogP contribution in [0.15, 0.2) is 72.3 Å². The van der Waals surface area contributed by atoms with Crippen LogP contribution in [0.3, 0.4) is 0 Å². The minimum atomic E-state index is -0.311. The highest BCUT2D eigenvalue weighted by molar-refractivity contribution is 6.01. The van der Waals surface area contributed by atoms with Crippen LogP contribution < -0.4 is 0 Å². The molecular formula is C20H20F2N2. The second-order valence-corrected chi connectivity index (χ2v) is 5.71. The third-order valence-corrected chi connectivity index (χ3v) is 3.39. The summed E-state index contributed by atoms with van der Waals surface area (Å²) in [5.74, 6) is 0.0269. The van der Waals surface area contributed by atoms with Gasteiger partial charge < -0.3 is 4.90 Å². The van der Waals surface area contributed by atoms with Gasteiger partial charge >= 0.3 is 0 Å². The molecule has 0 N–H and O–H groups in total. The Kier molecular flexibility index (Phi) is 5.64. The monoisotopic (exact) mass is 326 g/mol. The van der Waals surface area contributed by atoms with E-state index in [0.717, 1.165) is 16.7 Å². The number of hydrogen-bond donors (Lipinski definition) is 0. The van der Waals surface area contributed by atoms with Crippen molar-refractivity contribution in [1.82, 2.24) is 4.90 Å². The average Bonchev–Trinajstić information content (AvgIpc) is 2.53.